The Balaban J connectivity index is 2.92. The lowest BCUT2D eigenvalue weighted by Crippen LogP contribution is -2.29. The van der Waals surface area contributed by atoms with E-state index in [0.29, 0.717) is 12.8 Å². The van der Waals surface area contributed by atoms with Gasteiger partial charge in [-0.05, 0) is 12.5 Å². The Kier molecular flexibility index (Phi) is 6.91. The Labute approximate surface area is 132 Å². The van der Waals surface area contributed by atoms with E-state index in [4.69, 9.17) is 0 Å². The number of nitrogens with zero attached hydrogens (tertiary/aromatic N) is 2. The Morgan fingerprint density at radius 2 is 1.91 bits per heavy atom. The van der Waals surface area contributed by atoms with Gasteiger partial charge < -0.3 is 10.4 Å². The van der Waals surface area contributed by atoms with E-state index in [2.05, 4.69) is 5.32 Å². The van der Waals surface area contributed by atoms with E-state index >= 15 is 0 Å². The second-order valence-electron chi connectivity index (χ2n) is 5.10. The Morgan fingerprint density at radius 3 is 2.43 bits per heavy atom. The summed E-state index contributed by atoms with van der Waals surface area (Å²) in [6.45, 7) is 2.03. The van der Waals surface area contributed by atoms with Crippen molar-refractivity contribution in [1.82, 2.24) is 0 Å². The van der Waals surface area contributed by atoms with Gasteiger partial charge in [0.05, 0.1) is 15.9 Å². The largest absolute Gasteiger partial charge is 0.480 e. The molecule has 0 heterocycles. The summed E-state index contributed by atoms with van der Waals surface area (Å²) in [6, 6.07) is 2.11. The van der Waals surface area contributed by atoms with Gasteiger partial charge >= 0.3 is 5.97 Å². The lowest BCUT2D eigenvalue weighted by Gasteiger charge is -2.15. The second-order valence-corrected chi connectivity index (χ2v) is 5.10. The Bertz CT molecular complexity index is 590. The molecule has 0 saturated carbocycles. The summed E-state index contributed by atoms with van der Waals surface area (Å²) in [7, 11) is 0. The molecule has 0 bridgehead atoms. The molecule has 1 rings (SSSR count). The minimum absolute atomic E-state index is 0.0384. The molecule has 2 N–H and O–H groups in total. The molecule has 0 amide bonds. The molecule has 0 radical (unpaired) electrons. The first-order valence-corrected chi connectivity index (χ1v) is 7.29. The zero-order valence-electron chi connectivity index (χ0n) is 12.7. The minimum atomic E-state index is -1.12. The third-order valence-electron chi connectivity index (χ3n) is 3.36. The highest BCUT2D eigenvalue weighted by atomic mass is 16.6. The highest BCUT2D eigenvalue weighted by Gasteiger charge is 2.24. The molecule has 9 heteroatoms. The summed E-state index contributed by atoms with van der Waals surface area (Å²) in [5, 5.41) is 33.6. The SMILES string of the molecule is CCCCCCC(Nc1ccc([N+](=O)[O-])cc1[N+](=O)[O-])C(=O)O. The summed E-state index contributed by atoms with van der Waals surface area (Å²) in [5.74, 6) is -1.12. The van der Waals surface area contributed by atoms with Gasteiger partial charge in [0, 0.05) is 6.07 Å². The maximum Gasteiger partial charge on any atom is 0.326 e. The topological polar surface area (TPSA) is 136 Å². The molecule has 1 aromatic carbocycles. The van der Waals surface area contributed by atoms with Gasteiger partial charge in [-0.25, -0.2) is 4.79 Å². The first-order valence-electron chi connectivity index (χ1n) is 7.29. The zero-order valence-corrected chi connectivity index (χ0v) is 12.7. The molecule has 9 nitrogen and oxygen atoms in total. The van der Waals surface area contributed by atoms with Crippen LogP contribution in [0.15, 0.2) is 18.2 Å². The maximum absolute atomic E-state index is 11.3. The van der Waals surface area contributed by atoms with Gasteiger partial charge in [0.15, 0.2) is 0 Å². The molecule has 126 valence electrons. The zero-order chi connectivity index (χ0) is 17.4. The van der Waals surface area contributed by atoms with E-state index < -0.39 is 33.2 Å². The van der Waals surface area contributed by atoms with Crippen molar-refractivity contribution in [2.45, 2.75) is 45.1 Å². The Morgan fingerprint density at radius 1 is 1.22 bits per heavy atom. The van der Waals surface area contributed by atoms with Crippen LogP contribution in [0.4, 0.5) is 17.1 Å². The van der Waals surface area contributed by atoms with Crippen molar-refractivity contribution in [1.29, 1.82) is 0 Å². The van der Waals surface area contributed by atoms with Crippen molar-refractivity contribution in [3.05, 3.63) is 38.4 Å². The number of aliphatic carboxylic acids is 1. The van der Waals surface area contributed by atoms with Crippen LogP contribution in [0.25, 0.3) is 0 Å². The molecule has 0 aromatic heterocycles. The number of nitrogens with one attached hydrogen (secondary N) is 1. The molecule has 0 aliphatic rings. The van der Waals surface area contributed by atoms with Crippen molar-refractivity contribution < 1.29 is 19.7 Å². The molecule has 0 aliphatic heterocycles. The quantitative estimate of drug-likeness (QED) is 0.382. The third kappa shape index (κ3) is 5.53. The number of unbranched alkanes of at least 4 members (excludes halogenated alkanes) is 3. The van der Waals surface area contributed by atoms with Gasteiger partial charge in [0.25, 0.3) is 11.4 Å². The molecule has 1 unspecified atom stereocenters. The van der Waals surface area contributed by atoms with Crippen LogP contribution in [0.2, 0.25) is 0 Å². The number of hydrogen-bond donors (Lipinski definition) is 2. The minimum Gasteiger partial charge on any atom is -0.480 e. The van der Waals surface area contributed by atoms with Crippen molar-refractivity contribution in [2.75, 3.05) is 5.32 Å². The van der Waals surface area contributed by atoms with E-state index in [9.17, 15) is 30.1 Å². The number of non-ortho nitro benzene ring substituents is 1. The fourth-order valence-electron chi connectivity index (χ4n) is 2.13. The molecule has 23 heavy (non-hydrogen) atoms. The van der Waals surface area contributed by atoms with Gasteiger partial charge in [-0.1, -0.05) is 32.6 Å². The predicted molar refractivity (Wildman–Crippen MR) is 83.6 cm³/mol. The summed E-state index contributed by atoms with van der Waals surface area (Å²) >= 11 is 0. The molecule has 1 aromatic rings. The molecule has 0 spiro atoms. The highest BCUT2D eigenvalue weighted by molar-refractivity contribution is 5.79. The Hall–Kier alpha value is -2.71. The van der Waals surface area contributed by atoms with Gasteiger partial charge in [0.1, 0.15) is 11.7 Å². The summed E-state index contributed by atoms with van der Waals surface area (Å²) in [4.78, 5) is 31.5. The average molecular weight is 325 g/mol. The standard InChI is InChI=1S/C14H19N3O6/c1-2-3-4-5-6-12(14(18)19)15-11-8-7-10(16(20)21)9-13(11)17(22)23/h7-9,12,15H,2-6H2,1H3,(H,18,19). The van der Waals surface area contributed by atoms with Crippen molar-refractivity contribution in [2.24, 2.45) is 0 Å². The lowest BCUT2D eigenvalue weighted by molar-refractivity contribution is -0.393. The monoisotopic (exact) mass is 325 g/mol. The molecule has 0 saturated heterocycles. The van der Waals surface area contributed by atoms with Crippen LogP contribution in [-0.4, -0.2) is 27.0 Å². The van der Waals surface area contributed by atoms with Crippen LogP contribution >= 0.6 is 0 Å². The molecular formula is C14H19N3O6. The van der Waals surface area contributed by atoms with Crippen LogP contribution < -0.4 is 5.32 Å². The first kappa shape index (κ1) is 18.3. The van der Waals surface area contributed by atoms with Crippen LogP contribution in [-0.2, 0) is 4.79 Å². The van der Waals surface area contributed by atoms with Crippen LogP contribution in [0, 0.1) is 20.2 Å². The van der Waals surface area contributed by atoms with E-state index in [0.717, 1.165) is 37.5 Å². The number of rotatable bonds is 10. The molecule has 0 aliphatic carbocycles. The fraction of sp³-hybridized carbons (Fsp3) is 0.500. The van der Waals surface area contributed by atoms with Crippen molar-refractivity contribution in [3.8, 4) is 0 Å². The smallest absolute Gasteiger partial charge is 0.326 e. The highest BCUT2D eigenvalue weighted by Crippen LogP contribution is 2.30. The second kappa shape index (κ2) is 8.66. The van der Waals surface area contributed by atoms with Gasteiger partial charge in [0.2, 0.25) is 0 Å². The molecule has 1 atom stereocenters. The summed E-state index contributed by atoms with van der Waals surface area (Å²) in [6.07, 6.45) is 3.88. The van der Waals surface area contributed by atoms with Crippen LogP contribution in [0.3, 0.4) is 0 Å². The predicted octanol–water partition coefficient (Wildman–Crippen LogP) is 3.34. The van der Waals surface area contributed by atoms with E-state index in [1.807, 2.05) is 6.92 Å². The lowest BCUT2D eigenvalue weighted by atomic mass is 10.1. The van der Waals surface area contributed by atoms with Gasteiger partial charge in [-0.3, -0.25) is 20.2 Å². The molecular weight excluding hydrogens is 306 g/mol. The molecule has 0 fully saturated rings. The first-order chi connectivity index (χ1) is 10.9. The number of nitro groups is 2. The summed E-state index contributed by atoms with van der Waals surface area (Å²) < 4.78 is 0. The van der Waals surface area contributed by atoms with Crippen LogP contribution in [0.5, 0.6) is 0 Å². The number of carbonyl (C=O) groups is 1. The van der Waals surface area contributed by atoms with E-state index in [-0.39, 0.29) is 5.69 Å². The third-order valence-corrected chi connectivity index (χ3v) is 3.36. The normalized spacial score (nSPS) is 11.7. The van der Waals surface area contributed by atoms with Crippen LogP contribution in [0.1, 0.15) is 39.0 Å². The number of hydrogen-bond acceptors (Lipinski definition) is 6. The number of nitro benzene ring substituents is 2. The van der Waals surface area contributed by atoms with Gasteiger partial charge in [-0.15, -0.1) is 0 Å². The van der Waals surface area contributed by atoms with E-state index in [1.54, 1.807) is 0 Å². The maximum atomic E-state index is 11.3. The van der Waals surface area contributed by atoms with Crippen molar-refractivity contribution in [3.63, 3.8) is 0 Å². The summed E-state index contributed by atoms with van der Waals surface area (Å²) in [5.41, 5.74) is -0.973. The van der Waals surface area contributed by atoms with E-state index in [1.165, 1.54) is 0 Å². The number of benzene rings is 1. The van der Waals surface area contributed by atoms with Gasteiger partial charge in [-0.2, -0.15) is 0 Å². The fourth-order valence-corrected chi connectivity index (χ4v) is 2.13. The number of carboxylic acid groups (broad SMARTS) is 1. The van der Waals surface area contributed by atoms with Crippen molar-refractivity contribution >= 4 is 23.0 Å². The number of carboxylic acids is 1. The average Bonchev–Trinajstić information content (AvgIpc) is 2.49. The number of anilines is 1.